The van der Waals surface area contributed by atoms with E-state index in [9.17, 15) is 4.79 Å². The fraction of sp³-hybridized carbons (Fsp3) is 0.389. The Kier molecular flexibility index (Phi) is 5.76. The summed E-state index contributed by atoms with van der Waals surface area (Å²) in [6, 6.07) is 6.61. The number of nitrogens with zero attached hydrogens (tertiary/aromatic N) is 3. The minimum absolute atomic E-state index is 0.322. The lowest BCUT2D eigenvalue weighted by atomic mass is 10.2. The van der Waals surface area contributed by atoms with Gasteiger partial charge in [-0.05, 0) is 44.0 Å². The maximum absolute atomic E-state index is 12.6. The van der Waals surface area contributed by atoms with Crippen LogP contribution >= 0.6 is 23.2 Å². The molecule has 1 aliphatic rings. The van der Waals surface area contributed by atoms with Crippen LogP contribution in [0.25, 0.3) is 0 Å². The number of benzene rings is 1. The van der Waals surface area contributed by atoms with Gasteiger partial charge in [0.25, 0.3) is 5.91 Å². The van der Waals surface area contributed by atoms with Gasteiger partial charge in [0.1, 0.15) is 5.69 Å². The van der Waals surface area contributed by atoms with Crippen LogP contribution in [0.4, 0.5) is 11.6 Å². The van der Waals surface area contributed by atoms with Crippen LogP contribution in [0.5, 0.6) is 0 Å². The molecule has 3 rings (SSSR count). The molecule has 1 N–H and O–H groups in total. The fourth-order valence-corrected chi connectivity index (χ4v) is 3.20. The van der Waals surface area contributed by atoms with Crippen molar-refractivity contribution in [1.82, 2.24) is 9.97 Å². The molecule has 7 heteroatoms. The van der Waals surface area contributed by atoms with Gasteiger partial charge in [-0.15, -0.1) is 0 Å². The largest absolute Gasteiger partial charge is 0.341 e. The van der Waals surface area contributed by atoms with Crippen molar-refractivity contribution in [3.05, 3.63) is 45.7 Å². The van der Waals surface area contributed by atoms with Gasteiger partial charge in [0.05, 0.1) is 10.7 Å². The number of rotatable bonds is 3. The Morgan fingerprint density at radius 3 is 2.52 bits per heavy atom. The van der Waals surface area contributed by atoms with E-state index in [1.807, 2.05) is 6.92 Å². The summed E-state index contributed by atoms with van der Waals surface area (Å²) < 4.78 is 0. The highest BCUT2D eigenvalue weighted by Gasteiger charge is 2.17. The second kappa shape index (κ2) is 8.02. The number of nitrogens with one attached hydrogen (secondary N) is 1. The van der Waals surface area contributed by atoms with Crippen molar-refractivity contribution in [2.45, 2.75) is 32.6 Å². The Morgan fingerprint density at radius 1 is 1.08 bits per heavy atom. The molecule has 0 radical (unpaired) electrons. The zero-order valence-electron chi connectivity index (χ0n) is 14.1. The van der Waals surface area contributed by atoms with Crippen molar-refractivity contribution >= 4 is 40.7 Å². The average Bonchev–Trinajstić information content (AvgIpc) is 2.87. The van der Waals surface area contributed by atoms with E-state index in [2.05, 4.69) is 20.2 Å². The van der Waals surface area contributed by atoms with E-state index in [-0.39, 0.29) is 5.91 Å². The van der Waals surface area contributed by atoms with Gasteiger partial charge in [0.2, 0.25) is 5.95 Å². The molecule has 1 amide bonds. The predicted molar refractivity (Wildman–Crippen MR) is 102 cm³/mol. The molecule has 0 spiro atoms. The van der Waals surface area contributed by atoms with Gasteiger partial charge in [-0.2, -0.15) is 0 Å². The van der Waals surface area contributed by atoms with Crippen LogP contribution in [0.1, 0.15) is 41.9 Å². The number of hydrogen-bond donors (Lipinski definition) is 1. The highest BCUT2D eigenvalue weighted by molar-refractivity contribution is 6.35. The van der Waals surface area contributed by atoms with Crippen LogP contribution < -0.4 is 10.2 Å². The van der Waals surface area contributed by atoms with Gasteiger partial charge in [-0.3, -0.25) is 4.79 Å². The van der Waals surface area contributed by atoms with Crippen LogP contribution in [-0.2, 0) is 0 Å². The van der Waals surface area contributed by atoms with Crippen LogP contribution in [0.2, 0.25) is 10.0 Å². The summed E-state index contributed by atoms with van der Waals surface area (Å²) in [4.78, 5) is 23.7. The molecule has 132 valence electrons. The molecule has 5 nitrogen and oxygen atoms in total. The van der Waals surface area contributed by atoms with Crippen molar-refractivity contribution in [2.24, 2.45) is 0 Å². The standard InChI is InChI=1S/C18H20Cl2N4O/c1-12-10-16(17(25)22-15-11-13(19)6-7-14(15)20)23-18(21-12)24-8-4-2-3-5-9-24/h6-7,10-11H,2-5,8-9H2,1H3,(H,22,25). The monoisotopic (exact) mass is 378 g/mol. The maximum atomic E-state index is 12.6. The Labute approximate surface area is 157 Å². The second-order valence-corrected chi connectivity index (χ2v) is 7.02. The third kappa shape index (κ3) is 4.61. The highest BCUT2D eigenvalue weighted by atomic mass is 35.5. The first-order chi connectivity index (χ1) is 12.0. The van der Waals surface area contributed by atoms with Crippen LogP contribution in [0, 0.1) is 6.92 Å². The van der Waals surface area contributed by atoms with E-state index < -0.39 is 0 Å². The summed E-state index contributed by atoms with van der Waals surface area (Å²) in [7, 11) is 0. The molecule has 0 bridgehead atoms. The molecule has 0 aliphatic carbocycles. The number of hydrogen-bond acceptors (Lipinski definition) is 4. The van der Waals surface area contributed by atoms with Crippen LogP contribution in [-0.4, -0.2) is 29.0 Å². The lowest BCUT2D eigenvalue weighted by molar-refractivity contribution is 0.102. The number of anilines is 2. The number of carbonyl (C=O) groups excluding carboxylic acids is 1. The Bertz CT molecular complexity index is 774. The molecule has 1 saturated heterocycles. The summed E-state index contributed by atoms with van der Waals surface area (Å²) in [5.74, 6) is 0.287. The van der Waals surface area contributed by atoms with Crippen molar-refractivity contribution in [1.29, 1.82) is 0 Å². The van der Waals surface area contributed by atoms with Crippen molar-refractivity contribution in [3.63, 3.8) is 0 Å². The van der Waals surface area contributed by atoms with E-state index in [0.29, 0.717) is 27.4 Å². The van der Waals surface area contributed by atoms with Gasteiger partial charge in [0, 0.05) is 23.8 Å². The first-order valence-electron chi connectivity index (χ1n) is 8.40. The van der Waals surface area contributed by atoms with E-state index in [1.165, 1.54) is 12.8 Å². The number of halogens is 2. The van der Waals surface area contributed by atoms with Crippen LogP contribution in [0.3, 0.4) is 0 Å². The van der Waals surface area contributed by atoms with Gasteiger partial charge in [-0.1, -0.05) is 36.0 Å². The first-order valence-corrected chi connectivity index (χ1v) is 9.15. The molecular formula is C18H20Cl2N4O. The molecule has 2 heterocycles. The third-order valence-corrected chi connectivity index (χ3v) is 4.71. The minimum Gasteiger partial charge on any atom is -0.341 e. The molecular weight excluding hydrogens is 359 g/mol. The zero-order chi connectivity index (χ0) is 17.8. The molecule has 2 aromatic rings. The maximum Gasteiger partial charge on any atom is 0.274 e. The Balaban J connectivity index is 1.83. The normalized spacial score (nSPS) is 14.9. The van der Waals surface area contributed by atoms with E-state index >= 15 is 0 Å². The molecule has 25 heavy (non-hydrogen) atoms. The Hall–Kier alpha value is -1.85. The molecule has 1 aliphatic heterocycles. The highest BCUT2D eigenvalue weighted by Crippen LogP contribution is 2.26. The predicted octanol–water partition coefficient (Wildman–Crippen LogP) is 4.72. The quantitative estimate of drug-likeness (QED) is 0.838. The number of amides is 1. The topological polar surface area (TPSA) is 58.1 Å². The van der Waals surface area contributed by atoms with Gasteiger partial charge in [-0.25, -0.2) is 9.97 Å². The fourth-order valence-electron chi connectivity index (χ4n) is 2.86. The Morgan fingerprint density at radius 2 is 1.80 bits per heavy atom. The van der Waals surface area contributed by atoms with E-state index in [0.717, 1.165) is 31.6 Å². The molecule has 0 atom stereocenters. The SMILES string of the molecule is Cc1cc(C(=O)Nc2cc(Cl)ccc2Cl)nc(N2CCCCCC2)n1. The average molecular weight is 379 g/mol. The molecule has 1 aromatic carbocycles. The van der Waals surface area contributed by atoms with Gasteiger partial charge < -0.3 is 10.2 Å². The van der Waals surface area contributed by atoms with E-state index in [1.54, 1.807) is 24.3 Å². The summed E-state index contributed by atoms with van der Waals surface area (Å²) in [6.07, 6.45) is 4.69. The van der Waals surface area contributed by atoms with Gasteiger partial charge in [0.15, 0.2) is 0 Å². The minimum atomic E-state index is -0.328. The molecule has 1 fully saturated rings. The van der Waals surface area contributed by atoms with Crippen molar-refractivity contribution in [2.75, 3.05) is 23.3 Å². The lowest BCUT2D eigenvalue weighted by Gasteiger charge is -2.21. The summed E-state index contributed by atoms with van der Waals surface area (Å²) in [5.41, 5.74) is 1.55. The second-order valence-electron chi connectivity index (χ2n) is 6.17. The van der Waals surface area contributed by atoms with Crippen molar-refractivity contribution in [3.8, 4) is 0 Å². The summed E-state index contributed by atoms with van der Waals surface area (Å²) in [5, 5.41) is 3.70. The first kappa shape index (κ1) is 18.0. The molecule has 1 aromatic heterocycles. The number of carbonyl (C=O) groups is 1. The van der Waals surface area contributed by atoms with Crippen LogP contribution in [0.15, 0.2) is 24.3 Å². The summed E-state index contributed by atoms with van der Waals surface area (Å²) >= 11 is 12.1. The number of aromatic nitrogens is 2. The smallest absolute Gasteiger partial charge is 0.274 e. The zero-order valence-corrected chi connectivity index (χ0v) is 15.6. The molecule has 0 unspecified atom stereocenters. The van der Waals surface area contributed by atoms with E-state index in [4.69, 9.17) is 23.2 Å². The molecule has 0 saturated carbocycles. The number of aryl methyl sites for hydroxylation is 1. The van der Waals surface area contributed by atoms with Gasteiger partial charge >= 0.3 is 0 Å². The van der Waals surface area contributed by atoms with Crippen molar-refractivity contribution < 1.29 is 4.79 Å². The summed E-state index contributed by atoms with van der Waals surface area (Å²) in [6.45, 7) is 3.71. The lowest BCUT2D eigenvalue weighted by Crippen LogP contribution is -2.27. The third-order valence-electron chi connectivity index (χ3n) is 4.14.